The molecule has 190 valence electrons. The SMILES string of the molecule is CN1C/C=C\CCOc2cc(F)cc(c2)-c2ccnc(n2)Nc2ccc(OCCn3cncn3)c(c2)C1. The van der Waals surface area contributed by atoms with E-state index in [1.165, 1.54) is 18.5 Å². The average Bonchev–Trinajstić information content (AvgIpc) is 3.40. The van der Waals surface area contributed by atoms with Gasteiger partial charge >= 0.3 is 0 Å². The zero-order valence-electron chi connectivity index (χ0n) is 20.5. The molecule has 0 unspecified atom stereocenters. The molecular formula is C27H28FN7O2. The summed E-state index contributed by atoms with van der Waals surface area (Å²) in [5.74, 6) is 1.30. The van der Waals surface area contributed by atoms with E-state index in [2.05, 4.69) is 49.5 Å². The Morgan fingerprint density at radius 3 is 2.97 bits per heavy atom. The lowest BCUT2D eigenvalue weighted by atomic mass is 10.1. The maximum Gasteiger partial charge on any atom is 0.227 e. The molecule has 1 aliphatic rings. The van der Waals surface area contributed by atoms with Crippen LogP contribution in [0.3, 0.4) is 0 Å². The highest BCUT2D eigenvalue weighted by Gasteiger charge is 2.11. The van der Waals surface area contributed by atoms with Crippen LogP contribution in [0.2, 0.25) is 0 Å². The molecule has 2 aromatic heterocycles. The van der Waals surface area contributed by atoms with Gasteiger partial charge in [-0.05, 0) is 49.9 Å². The fraction of sp³-hybridized carbons (Fsp3) is 0.259. The van der Waals surface area contributed by atoms with Gasteiger partial charge in [0.1, 0.15) is 36.6 Å². The number of benzene rings is 2. The van der Waals surface area contributed by atoms with Gasteiger partial charge in [-0.3, -0.25) is 4.90 Å². The monoisotopic (exact) mass is 501 g/mol. The smallest absolute Gasteiger partial charge is 0.227 e. The molecule has 4 aromatic rings. The number of likely N-dealkylation sites (N-methyl/N-ethyl adjacent to an activating group) is 1. The van der Waals surface area contributed by atoms with E-state index in [1.54, 1.807) is 29.3 Å². The Kier molecular flexibility index (Phi) is 7.66. The highest BCUT2D eigenvalue weighted by molar-refractivity contribution is 5.64. The molecule has 1 aliphatic heterocycles. The first kappa shape index (κ1) is 24.4. The zero-order valence-corrected chi connectivity index (χ0v) is 20.5. The Morgan fingerprint density at radius 1 is 1.14 bits per heavy atom. The Morgan fingerprint density at radius 2 is 2.08 bits per heavy atom. The van der Waals surface area contributed by atoms with E-state index in [0.29, 0.717) is 55.7 Å². The van der Waals surface area contributed by atoms with Crippen molar-refractivity contribution in [3.63, 3.8) is 0 Å². The van der Waals surface area contributed by atoms with Gasteiger partial charge in [0.05, 0.1) is 18.8 Å². The minimum Gasteiger partial charge on any atom is -0.493 e. The van der Waals surface area contributed by atoms with Crippen LogP contribution in [0.25, 0.3) is 11.3 Å². The highest BCUT2D eigenvalue weighted by Crippen LogP contribution is 2.28. The largest absolute Gasteiger partial charge is 0.493 e. The highest BCUT2D eigenvalue weighted by atomic mass is 19.1. The summed E-state index contributed by atoms with van der Waals surface area (Å²) in [6.07, 6.45) is 9.72. The van der Waals surface area contributed by atoms with E-state index >= 15 is 0 Å². The first-order chi connectivity index (χ1) is 18.1. The number of hydrogen-bond donors (Lipinski definition) is 1. The summed E-state index contributed by atoms with van der Waals surface area (Å²) in [4.78, 5) is 15.1. The molecule has 0 saturated heterocycles. The van der Waals surface area contributed by atoms with E-state index in [0.717, 1.165) is 23.5 Å². The molecule has 9 nitrogen and oxygen atoms in total. The maximum atomic E-state index is 14.3. The lowest BCUT2D eigenvalue weighted by molar-refractivity contribution is 0.280. The van der Waals surface area contributed by atoms with Crippen LogP contribution in [0.4, 0.5) is 16.0 Å². The molecule has 0 fully saturated rings. The van der Waals surface area contributed by atoms with Gasteiger partial charge in [0, 0.05) is 42.2 Å². The van der Waals surface area contributed by atoms with Crippen LogP contribution in [0.1, 0.15) is 12.0 Å². The Balaban J connectivity index is 1.43. The van der Waals surface area contributed by atoms with E-state index in [9.17, 15) is 4.39 Å². The summed E-state index contributed by atoms with van der Waals surface area (Å²) in [5, 5.41) is 7.39. The molecule has 1 N–H and O–H groups in total. The minimum atomic E-state index is -0.378. The second-order valence-electron chi connectivity index (χ2n) is 8.70. The molecule has 37 heavy (non-hydrogen) atoms. The molecule has 10 heteroatoms. The fourth-order valence-corrected chi connectivity index (χ4v) is 3.99. The summed E-state index contributed by atoms with van der Waals surface area (Å²) in [6.45, 7) is 2.95. The molecule has 2 aromatic carbocycles. The van der Waals surface area contributed by atoms with Gasteiger partial charge in [0.2, 0.25) is 5.95 Å². The second kappa shape index (κ2) is 11.6. The van der Waals surface area contributed by atoms with Crippen molar-refractivity contribution in [1.82, 2.24) is 29.6 Å². The number of ether oxygens (including phenoxy) is 2. The van der Waals surface area contributed by atoms with Crippen molar-refractivity contribution in [1.29, 1.82) is 0 Å². The summed E-state index contributed by atoms with van der Waals surface area (Å²) < 4.78 is 28.0. The average molecular weight is 502 g/mol. The van der Waals surface area contributed by atoms with Crippen molar-refractivity contribution < 1.29 is 13.9 Å². The molecule has 0 radical (unpaired) electrons. The number of halogens is 1. The van der Waals surface area contributed by atoms with E-state index < -0.39 is 0 Å². The quantitative estimate of drug-likeness (QED) is 0.410. The van der Waals surface area contributed by atoms with Gasteiger partial charge in [0.15, 0.2) is 0 Å². The standard InChI is InChI=1S/C27H28FN7O2/c1-34-9-3-2-4-11-36-24-15-20(13-22(28)16-24)25-7-8-30-27(33-25)32-23-5-6-26(21(14-23)17-34)37-12-10-35-19-29-18-31-35/h2-3,5-8,13-16,18-19H,4,9-12,17H2,1H3,(H,30,32,33)/b3-2-. The lowest BCUT2D eigenvalue weighted by Crippen LogP contribution is -2.19. The second-order valence-corrected chi connectivity index (χ2v) is 8.70. The Bertz CT molecular complexity index is 1360. The van der Waals surface area contributed by atoms with Crippen molar-refractivity contribution in [2.24, 2.45) is 0 Å². The Labute approximate surface area is 214 Å². The number of nitrogens with zero attached hydrogens (tertiary/aromatic N) is 6. The predicted molar refractivity (Wildman–Crippen MR) is 138 cm³/mol. The van der Waals surface area contributed by atoms with Crippen LogP contribution in [0, 0.1) is 5.82 Å². The topological polar surface area (TPSA) is 90.2 Å². The first-order valence-corrected chi connectivity index (χ1v) is 12.1. The van der Waals surface area contributed by atoms with Gasteiger partial charge in [0.25, 0.3) is 0 Å². The number of aromatic nitrogens is 5. The molecule has 0 saturated carbocycles. The van der Waals surface area contributed by atoms with Crippen LogP contribution >= 0.6 is 0 Å². The van der Waals surface area contributed by atoms with Gasteiger partial charge in [-0.25, -0.2) is 24.0 Å². The summed E-state index contributed by atoms with van der Waals surface area (Å²) >= 11 is 0. The van der Waals surface area contributed by atoms with Crippen LogP contribution in [0.5, 0.6) is 11.5 Å². The Hall–Kier alpha value is -4.31. The number of anilines is 2. The van der Waals surface area contributed by atoms with Crippen LogP contribution in [-0.4, -0.2) is 56.4 Å². The number of fused-ring (bicyclic) bond motifs is 7. The van der Waals surface area contributed by atoms with Crippen LogP contribution in [0.15, 0.2) is 73.5 Å². The van der Waals surface area contributed by atoms with Gasteiger partial charge in [-0.2, -0.15) is 5.10 Å². The van der Waals surface area contributed by atoms with E-state index in [4.69, 9.17) is 9.47 Å². The third-order valence-electron chi connectivity index (χ3n) is 5.76. The van der Waals surface area contributed by atoms with Gasteiger partial charge in [-0.1, -0.05) is 12.2 Å². The van der Waals surface area contributed by atoms with Crippen molar-refractivity contribution in [2.45, 2.75) is 19.5 Å². The van der Waals surface area contributed by atoms with Gasteiger partial charge in [-0.15, -0.1) is 0 Å². The molecule has 0 atom stereocenters. The summed E-state index contributed by atoms with van der Waals surface area (Å²) in [7, 11) is 2.05. The summed E-state index contributed by atoms with van der Waals surface area (Å²) in [5.41, 5.74) is 3.06. The first-order valence-electron chi connectivity index (χ1n) is 12.1. The lowest BCUT2D eigenvalue weighted by Gasteiger charge is -2.19. The van der Waals surface area contributed by atoms with Gasteiger partial charge < -0.3 is 14.8 Å². The van der Waals surface area contributed by atoms with Crippen molar-refractivity contribution >= 4 is 11.6 Å². The minimum absolute atomic E-state index is 0.378. The van der Waals surface area contributed by atoms with Crippen molar-refractivity contribution in [3.8, 4) is 22.8 Å². The van der Waals surface area contributed by atoms with Crippen LogP contribution < -0.4 is 14.8 Å². The fourth-order valence-electron chi connectivity index (χ4n) is 3.99. The summed E-state index contributed by atoms with van der Waals surface area (Å²) in [6, 6.07) is 12.3. The van der Waals surface area contributed by atoms with Crippen molar-refractivity contribution in [2.75, 3.05) is 32.1 Å². The number of rotatable bonds is 4. The zero-order chi connectivity index (χ0) is 25.5. The molecule has 0 spiro atoms. The van der Waals surface area contributed by atoms with Crippen molar-refractivity contribution in [3.05, 3.63) is 84.8 Å². The molecule has 0 amide bonds. The predicted octanol–water partition coefficient (Wildman–Crippen LogP) is 4.47. The van der Waals surface area contributed by atoms with E-state index in [-0.39, 0.29) is 5.82 Å². The normalized spacial score (nSPS) is 15.1. The molecule has 6 bridgehead atoms. The molecule has 3 heterocycles. The maximum absolute atomic E-state index is 14.3. The third-order valence-corrected chi connectivity index (χ3v) is 5.76. The molecule has 5 rings (SSSR count). The number of hydrogen-bond acceptors (Lipinski definition) is 8. The van der Waals surface area contributed by atoms with E-state index in [1.807, 2.05) is 18.2 Å². The number of nitrogens with one attached hydrogen (secondary N) is 1. The molecule has 0 aliphatic carbocycles. The van der Waals surface area contributed by atoms with Crippen LogP contribution in [-0.2, 0) is 13.1 Å². The molecular weight excluding hydrogens is 473 g/mol. The third kappa shape index (κ3) is 6.68.